The third-order valence-electron chi connectivity index (χ3n) is 20.1. The topological polar surface area (TPSA) is 108 Å². The normalized spacial score (nSPS) is 13.0. The van der Waals surface area contributed by atoms with Crippen LogP contribution in [-0.4, -0.2) is 87.4 Å². The summed E-state index contributed by atoms with van der Waals surface area (Å²) in [5.41, 5.74) is 0. The van der Waals surface area contributed by atoms with Crippen LogP contribution in [0.15, 0.2) is 85.1 Å². The predicted molar refractivity (Wildman–Crippen MR) is 447 cm³/mol. The Morgan fingerprint density at radius 2 is 0.553 bits per heavy atom. The van der Waals surface area contributed by atoms with Gasteiger partial charge in [0, 0.05) is 12.8 Å². The first-order valence-corrected chi connectivity index (χ1v) is 44.8. The second-order valence-electron chi connectivity index (χ2n) is 31.5. The van der Waals surface area contributed by atoms with E-state index in [1.165, 1.54) is 334 Å². The Hall–Kier alpha value is -3.53. The highest BCUT2D eigenvalue weighted by atomic mass is 16.7. The summed E-state index contributed by atoms with van der Waals surface area (Å²) >= 11 is 0. The van der Waals surface area contributed by atoms with Crippen molar-refractivity contribution in [2.75, 3.05) is 47.5 Å². The van der Waals surface area contributed by atoms with Gasteiger partial charge in [-0.3, -0.25) is 9.59 Å². The number of hydrogen-bond donors (Lipinski definition) is 1. The lowest BCUT2D eigenvalue weighted by Crippen LogP contribution is -2.40. The Bertz CT molecular complexity index is 1980. The maximum absolute atomic E-state index is 13.0. The minimum absolute atomic E-state index is 0.177. The number of carbonyl (C=O) groups is 3. The molecule has 0 aliphatic heterocycles. The zero-order valence-corrected chi connectivity index (χ0v) is 69.0. The van der Waals surface area contributed by atoms with E-state index in [2.05, 4.69) is 98.9 Å². The van der Waals surface area contributed by atoms with Crippen LogP contribution >= 0.6 is 0 Å². The van der Waals surface area contributed by atoms with Gasteiger partial charge in [0.15, 0.2) is 6.10 Å². The molecule has 0 radical (unpaired) electrons. The van der Waals surface area contributed by atoms with Gasteiger partial charge in [-0.1, -0.05) is 420 Å². The number of allylic oxidation sites excluding steroid dienone is 14. The van der Waals surface area contributed by atoms with Gasteiger partial charge >= 0.3 is 17.9 Å². The van der Waals surface area contributed by atoms with E-state index < -0.39 is 18.4 Å². The number of rotatable bonds is 84. The highest BCUT2D eigenvalue weighted by Crippen LogP contribution is 2.20. The standard InChI is InChI=1S/C94H171NO8/c1-6-8-10-12-14-16-18-20-22-24-26-28-30-32-34-36-38-40-42-44-46-48-50-52-54-56-58-60-62-64-66-68-70-72-74-76-78-80-82-84-91(96)101-88-90(89-102-94(93(98)99)100-87-86-95(3,4)5)103-92(97)85-83-81-79-77-75-73-71-69-67-65-63-61-59-57-55-53-51-49-47-45-43-41-39-37-35-33-31-29-27-25-23-21-19-17-15-13-11-9-7-2/h9,11,15,17-18,20-21,23-24,26-27,29-30,32,90,94H,6-8,10,12-14,16,19,22,25,28,31,33-89H2,1-5H3/p+1/b11-9-,17-15-,20-18-,23-21-,26-24-,29-27-,32-30-. The van der Waals surface area contributed by atoms with Crippen molar-refractivity contribution in [2.24, 2.45) is 0 Å². The Morgan fingerprint density at radius 1 is 0.301 bits per heavy atom. The lowest BCUT2D eigenvalue weighted by Gasteiger charge is -2.25. The predicted octanol–water partition coefficient (Wildman–Crippen LogP) is 29.3. The molecule has 2 unspecified atom stereocenters. The van der Waals surface area contributed by atoms with E-state index in [4.69, 9.17) is 18.9 Å². The lowest BCUT2D eigenvalue weighted by molar-refractivity contribution is -0.870. The number of carboxylic acids is 1. The quantitative estimate of drug-likeness (QED) is 0.0211. The molecular weight excluding hydrogens is 1270 g/mol. The van der Waals surface area contributed by atoms with Gasteiger partial charge in [0.2, 0.25) is 0 Å². The van der Waals surface area contributed by atoms with Crippen LogP contribution in [0, 0.1) is 0 Å². The molecule has 0 aliphatic rings. The highest BCUT2D eigenvalue weighted by Gasteiger charge is 2.25. The van der Waals surface area contributed by atoms with Gasteiger partial charge in [-0.25, -0.2) is 4.79 Å². The van der Waals surface area contributed by atoms with Gasteiger partial charge in [-0.15, -0.1) is 0 Å². The minimum atomic E-state index is -1.51. The fourth-order valence-electron chi connectivity index (χ4n) is 13.4. The SMILES string of the molecule is CC/C=C\C/C=C\C/C=C\C/C=C\CCCCCCCCCCCCCCCCCCCCCCCCCCCCC(=O)OC(COC(=O)CCCCCCCCCCCCCCCCCCCCCCCCCC/C=C\C/C=C\C/C=C\CCCCCCC)COC(OCC[N+](C)(C)C)C(=O)O. The average molecular weight is 1440 g/mol. The number of nitrogens with zero attached hydrogens (tertiary/aromatic N) is 1. The Balaban J connectivity index is 3.91. The first kappa shape index (κ1) is 99.5. The molecule has 2 atom stereocenters. The molecule has 9 heteroatoms. The van der Waals surface area contributed by atoms with Crippen molar-refractivity contribution in [1.82, 2.24) is 0 Å². The molecule has 1 N–H and O–H groups in total. The van der Waals surface area contributed by atoms with E-state index >= 15 is 0 Å². The summed E-state index contributed by atoms with van der Waals surface area (Å²) in [5, 5.41) is 9.80. The fourth-order valence-corrected chi connectivity index (χ4v) is 13.4. The first-order chi connectivity index (χ1) is 50.6. The third-order valence-corrected chi connectivity index (χ3v) is 20.1. The number of quaternary nitrogens is 1. The molecule has 0 fully saturated rings. The molecule has 0 aromatic carbocycles. The van der Waals surface area contributed by atoms with Crippen molar-refractivity contribution in [3.8, 4) is 0 Å². The molecular formula is C94H172NO8+. The summed E-state index contributed by atoms with van der Waals surface area (Å²) in [5.74, 6) is -1.97. The number of hydrogen-bond acceptors (Lipinski definition) is 7. The number of carbonyl (C=O) groups excluding carboxylic acids is 2. The molecule has 0 saturated heterocycles. The van der Waals surface area contributed by atoms with E-state index in [1.807, 2.05) is 21.1 Å². The third kappa shape index (κ3) is 85.6. The molecule has 0 aromatic rings. The summed E-state index contributed by atoms with van der Waals surface area (Å²) in [4.78, 5) is 37.8. The van der Waals surface area contributed by atoms with E-state index in [9.17, 15) is 19.5 Å². The molecule has 0 amide bonds. The molecule has 0 rings (SSSR count). The maximum atomic E-state index is 13.0. The maximum Gasteiger partial charge on any atom is 0.361 e. The molecule has 600 valence electrons. The van der Waals surface area contributed by atoms with Crippen LogP contribution in [0.4, 0.5) is 0 Å². The molecule has 0 bridgehead atoms. The summed E-state index contributed by atoms with van der Waals surface area (Å²) in [6.45, 7) is 4.82. The number of ether oxygens (including phenoxy) is 4. The second-order valence-corrected chi connectivity index (χ2v) is 31.5. The monoisotopic (exact) mass is 1440 g/mol. The van der Waals surface area contributed by atoms with Crippen LogP contribution in [0.1, 0.15) is 438 Å². The van der Waals surface area contributed by atoms with Crippen LogP contribution in [-0.2, 0) is 33.3 Å². The average Bonchev–Trinajstić information content (AvgIpc) is 0.985. The van der Waals surface area contributed by atoms with Crippen molar-refractivity contribution < 1.29 is 42.9 Å². The molecule has 0 saturated carbocycles. The van der Waals surface area contributed by atoms with Crippen LogP contribution in [0.2, 0.25) is 0 Å². The van der Waals surface area contributed by atoms with E-state index in [0.717, 1.165) is 77.0 Å². The zero-order valence-electron chi connectivity index (χ0n) is 69.0. The lowest BCUT2D eigenvalue weighted by atomic mass is 10.0. The Labute approximate surface area is 640 Å². The second kappa shape index (κ2) is 84.1. The van der Waals surface area contributed by atoms with Crippen molar-refractivity contribution in [2.45, 2.75) is 450 Å². The zero-order chi connectivity index (χ0) is 74.6. The molecule has 0 spiro atoms. The summed E-state index contributed by atoms with van der Waals surface area (Å²) in [6.07, 6.45) is 114. The van der Waals surface area contributed by atoms with Crippen LogP contribution < -0.4 is 0 Å². The van der Waals surface area contributed by atoms with Crippen molar-refractivity contribution in [1.29, 1.82) is 0 Å². The molecule has 0 aliphatic carbocycles. The number of carboxylic acid groups (broad SMARTS) is 1. The number of esters is 2. The van der Waals surface area contributed by atoms with Gasteiger partial charge < -0.3 is 28.5 Å². The van der Waals surface area contributed by atoms with Crippen LogP contribution in [0.25, 0.3) is 0 Å². The number of unbranched alkanes of at least 4 members (excludes halogenated alkanes) is 55. The number of likely N-dealkylation sites (N-methyl/N-ethyl adjacent to an activating group) is 1. The summed E-state index contributed by atoms with van der Waals surface area (Å²) in [7, 11) is 6.00. The molecule has 9 nitrogen and oxygen atoms in total. The van der Waals surface area contributed by atoms with Gasteiger partial charge in [-0.2, -0.15) is 0 Å². The van der Waals surface area contributed by atoms with E-state index in [-0.39, 0.29) is 38.2 Å². The van der Waals surface area contributed by atoms with Gasteiger partial charge in [0.05, 0.1) is 34.4 Å². The molecule has 103 heavy (non-hydrogen) atoms. The Morgan fingerprint density at radius 3 is 0.825 bits per heavy atom. The van der Waals surface area contributed by atoms with Crippen LogP contribution in [0.3, 0.4) is 0 Å². The largest absolute Gasteiger partial charge is 0.477 e. The fraction of sp³-hybridized carbons (Fsp3) is 0.819. The van der Waals surface area contributed by atoms with E-state index in [1.54, 1.807) is 0 Å². The Kier molecular flexibility index (Phi) is 81.2. The van der Waals surface area contributed by atoms with Crippen LogP contribution in [0.5, 0.6) is 0 Å². The van der Waals surface area contributed by atoms with Crippen molar-refractivity contribution in [3.63, 3.8) is 0 Å². The summed E-state index contributed by atoms with van der Waals surface area (Å²) < 4.78 is 23.1. The smallest absolute Gasteiger partial charge is 0.361 e. The number of aliphatic carboxylic acids is 1. The minimum Gasteiger partial charge on any atom is -0.477 e. The van der Waals surface area contributed by atoms with E-state index in [0.29, 0.717) is 17.4 Å². The van der Waals surface area contributed by atoms with Gasteiger partial charge in [-0.05, 0) is 89.9 Å². The van der Waals surface area contributed by atoms with Gasteiger partial charge in [0.25, 0.3) is 6.29 Å². The molecule has 0 aromatic heterocycles. The van der Waals surface area contributed by atoms with Crippen molar-refractivity contribution in [3.05, 3.63) is 85.1 Å². The molecule has 0 heterocycles. The first-order valence-electron chi connectivity index (χ1n) is 44.8. The highest BCUT2D eigenvalue weighted by molar-refractivity contribution is 5.71. The summed E-state index contributed by atoms with van der Waals surface area (Å²) in [6, 6.07) is 0. The van der Waals surface area contributed by atoms with Crippen molar-refractivity contribution >= 4 is 17.9 Å². The van der Waals surface area contributed by atoms with Gasteiger partial charge in [0.1, 0.15) is 13.2 Å².